The third-order valence-corrected chi connectivity index (χ3v) is 6.35. The number of hydrogen-bond donors (Lipinski definition) is 2. The first-order valence-corrected chi connectivity index (χ1v) is 11.8. The van der Waals surface area contributed by atoms with Gasteiger partial charge in [-0.05, 0) is 44.2 Å². The van der Waals surface area contributed by atoms with E-state index in [9.17, 15) is 17.6 Å². The van der Waals surface area contributed by atoms with Crippen LogP contribution in [0.1, 0.15) is 18.4 Å². The molecule has 2 N–H and O–H groups in total. The van der Waals surface area contributed by atoms with Gasteiger partial charge in [0.15, 0.2) is 0 Å². The minimum atomic E-state index is -4.06. The van der Waals surface area contributed by atoms with E-state index in [0.29, 0.717) is 29.4 Å². The number of amides is 1. The summed E-state index contributed by atoms with van der Waals surface area (Å²) in [6.07, 6.45) is 0. The van der Waals surface area contributed by atoms with Crippen molar-refractivity contribution in [3.05, 3.63) is 77.3 Å². The predicted molar refractivity (Wildman–Crippen MR) is 120 cm³/mol. The lowest BCUT2D eigenvalue weighted by Gasteiger charge is -2.19. The first-order valence-electron chi connectivity index (χ1n) is 10.3. The van der Waals surface area contributed by atoms with Crippen molar-refractivity contribution in [3.63, 3.8) is 0 Å². The van der Waals surface area contributed by atoms with Crippen molar-refractivity contribution in [1.82, 2.24) is 10.3 Å². The molecule has 9 nitrogen and oxygen atoms in total. The van der Waals surface area contributed by atoms with Gasteiger partial charge < -0.3 is 19.2 Å². The van der Waals surface area contributed by atoms with Gasteiger partial charge in [0.2, 0.25) is 11.6 Å². The van der Waals surface area contributed by atoms with Crippen LogP contribution < -0.4 is 10.0 Å². The zero-order chi connectivity index (χ0) is 24.3. The van der Waals surface area contributed by atoms with Crippen LogP contribution in [0.3, 0.4) is 0 Å². The van der Waals surface area contributed by atoms with Gasteiger partial charge in [0.05, 0.1) is 22.7 Å². The number of ether oxygens (including phenoxy) is 2. The summed E-state index contributed by atoms with van der Waals surface area (Å²) in [6.45, 7) is 4.06. The summed E-state index contributed by atoms with van der Waals surface area (Å²) in [7, 11) is -4.06. The first-order chi connectivity index (χ1) is 16.2. The highest BCUT2D eigenvalue weighted by molar-refractivity contribution is 7.92. The van der Waals surface area contributed by atoms with Gasteiger partial charge in [0.1, 0.15) is 36.2 Å². The molecule has 0 spiro atoms. The highest BCUT2D eigenvalue weighted by Gasteiger charge is 2.22. The van der Waals surface area contributed by atoms with Crippen LogP contribution >= 0.6 is 0 Å². The first kappa shape index (κ1) is 23.3. The Morgan fingerprint density at radius 2 is 1.85 bits per heavy atom. The van der Waals surface area contributed by atoms with Crippen molar-refractivity contribution in [1.29, 1.82) is 0 Å². The van der Waals surface area contributed by atoms with Crippen molar-refractivity contribution in [2.75, 3.05) is 17.9 Å². The number of aromatic nitrogens is 1. The van der Waals surface area contributed by atoms with Crippen LogP contribution in [0.25, 0.3) is 11.5 Å². The molecule has 1 aliphatic rings. The molecule has 0 fully saturated rings. The second kappa shape index (κ2) is 9.56. The normalized spacial score (nSPS) is 13.7. The predicted octanol–water partition coefficient (Wildman–Crippen LogP) is 3.48. The average molecular weight is 488 g/mol. The number of carbonyl (C=O) groups is 1. The largest absolute Gasteiger partial charge is 0.491 e. The number of sulfonamides is 1. The van der Waals surface area contributed by atoms with E-state index >= 15 is 0 Å². The fourth-order valence-corrected chi connectivity index (χ4v) is 4.39. The highest BCUT2D eigenvalue weighted by atomic mass is 32.2. The number of rotatable bonds is 7. The Labute approximate surface area is 195 Å². The molecular weight excluding hydrogens is 465 g/mol. The highest BCUT2D eigenvalue weighted by Crippen LogP contribution is 2.30. The molecule has 0 saturated heterocycles. The number of aryl methyl sites for hydroxylation is 1. The zero-order valence-electron chi connectivity index (χ0n) is 18.4. The number of para-hydroxylation sites is 1. The zero-order valence-corrected chi connectivity index (χ0v) is 19.2. The summed E-state index contributed by atoms with van der Waals surface area (Å²) in [5.41, 5.74) is 1.05. The monoisotopic (exact) mass is 487 g/mol. The molecule has 0 radical (unpaired) electrons. The Kier molecular flexibility index (Phi) is 6.55. The van der Waals surface area contributed by atoms with Gasteiger partial charge in [0.25, 0.3) is 15.9 Å². The van der Waals surface area contributed by atoms with Crippen molar-refractivity contribution >= 4 is 21.6 Å². The topological polar surface area (TPSA) is 120 Å². The van der Waals surface area contributed by atoms with Gasteiger partial charge in [-0.1, -0.05) is 18.2 Å². The summed E-state index contributed by atoms with van der Waals surface area (Å²) in [5.74, 6) is 0.0220. The lowest BCUT2D eigenvalue weighted by atomic mass is 10.2. The minimum absolute atomic E-state index is 0.0610. The van der Waals surface area contributed by atoms with Crippen LogP contribution in [0.4, 0.5) is 10.1 Å². The Morgan fingerprint density at radius 3 is 2.62 bits per heavy atom. The molecule has 0 saturated carbocycles. The van der Waals surface area contributed by atoms with E-state index in [0.717, 1.165) is 12.1 Å². The molecule has 0 unspecified atom stereocenters. The van der Waals surface area contributed by atoms with Crippen molar-refractivity contribution in [3.8, 4) is 11.5 Å². The molecule has 0 atom stereocenters. The number of halogens is 1. The molecule has 1 amide bonds. The number of nitrogens with zero attached hydrogens (tertiary/aromatic N) is 1. The molecule has 178 valence electrons. The molecule has 2 aromatic carbocycles. The van der Waals surface area contributed by atoms with Gasteiger partial charge in [0, 0.05) is 0 Å². The van der Waals surface area contributed by atoms with Gasteiger partial charge in [-0.15, -0.1) is 0 Å². The van der Waals surface area contributed by atoms with E-state index in [1.807, 2.05) is 0 Å². The second-order valence-corrected chi connectivity index (χ2v) is 9.08. The Balaban J connectivity index is 1.55. The second-order valence-electron chi connectivity index (χ2n) is 7.40. The molecule has 34 heavy (non-hydrogen) atoms. The number of carbonyl (C=O) groups excluding carboxylic acids is 1. The fraction of sp³-hybridized carbons (Fsp3) is 0.217. The average Bonchev–Trinajstić information content (AvgIpc) is 3.18. The van der Waals surface area contributed by atoms with Gasteiger partial charge in [-0.3, -0.25) is 9.52 Å². The molecule has 11 heteroatoms. The van der Waals surface area contributed by atoms with Crippen LogP contribution in [0.15, 0.2) is 69.4 Å². The van der Waals surface area contributed by atoms with Crippen LogP contribution in [-0.4, -0.2) is 32.5 Å². The smallest absolute Gasteiger partial charge is 0.290 e. The Hall–Kier alpha value is -3.86. The molecule has 1 aliphatic heterocycles. The van der Waals surface area contributed by atoms with E-state index in [4.69, 9.17) is 13.9 Å². The standard InChI is InChI=1S/C23H22FN3O6S/c1-14-20(13-25-22(28)21-15(2)31-10-11-32-21)26-23(33-14)18-8-3-4-9-19(18)27-34(29,30)17-7-5-6-16(24)12-17/h3-9,12,27H,10-11,13H2,1-2H3,(H,25,28). The van der Waals surface area contributed by atoms with Gasteiger partial charge >= 0.3 is 0 Å². The van der Waals surface area contributed by atoms with Crippen LogP contribution in [0, 0.1) is 12.7 Å². The number of hydrogen-bond acceptors (Lipinski definition) is 7. The number of oxazole rings is 1. The number of benzene rings is 2. The summed E-state index contributed by atoms with van der Waals surface area (Å²) in [4.78, 5) is 16.6. The van der Waals surface area contributed by atoms with Crippen molar-refractivity contribution < 1.29 is 31.5 Å². The van der Waals surface area contributed by atoms with Crippen LogP contribution in [-0.2, 0) is 30.8 Å². The summed E-state index contributed by atoms with van der Waals surface area (Å²) in [6, 6.07) is 11.2. The van der Waals surface area contributed by atoms with E-state index in [-0.39, 0.29) is 35.4 Å². The van der Waals surface area contributed by atoms with Gasteiger partial charge in [-0.25, -0.2) is 17.8 Å². The maximum Gasteiger partial charge on any atom is 0.290 e. The van der Waals surface area contributed by atoms with Crippen LogP contribution in [0.2, 0.25) is 0 Å². The Bertz CT molecular complexity index is 1370. The number of nitrogens with one attached hydrogen (secondary N) is 2. The van der Waals surface area contributed by atoms with E-state index in [2.05, 4.69) is 15.0 Å². The maximum atomic E-state index is 13.5. The van der Waals surface area contributed by atoms with E-state index < -0.39 is 21.7 Å². The quantitative estimate of drug-likeness (QED) is 0.524. The van der Waals surface area contributed by atoms with Crippen molar-refractivity contribution in [2.24, 2.45) is 0 Å². The number of allylic oxidation sites excluding steroid dienone is 1. The third kappa shape index (κ3) is 5.04. The summed E-state index contributed by atoms with van der Waals surface area (Å²) in [5, 5.41) is 2.71. The molecule has 4 rings (SSSR count). The molecule has 3 aromatic rings. The summed E-state index contributed by atoms with van der Waals surface area (Å²) < 4.78 is 57.9. The van der Waals surface area contributed by atoms with E-state index in [1.54, 1.807) is 38.1 Å². The Morgan fingerprint density at radius 1 is 1.09 bits per heavy atom. The molecule has 2 heterocycles. The van der Waals surface area contributed by atoms with E-state index in [1.165, 1.54) is 12.1 Å². The summed E-state index contributed by atoms with van der Waals surface area (Å²) >= 11 is 0. The third-order valence-electron chi connectivity index (χ3n) is 4.99. The molecule has 0 aliphatic carbocycles. The fourth-order valence-electron chi connectivity index (χ4n) is 3.28. The maximum absolute atomic E-state index is 13.5. The van der Waals surface area contributed by atoms with Crippen LogP contribution in [0.5, 0.6) is 0 Å². The molecule has 1 aromatic heterocycles. The lowest BCUT2D eigenvalue weighted by molar-refractivity contribution is -0.122. The van der Waals surface area contributed by atoms with Crippen molar-refractivity contribution in [2.45, 2.75) is 25.3 Å². The minimum Gasteiger partial charge on any atom is -0.491 e. The molecule has 0 bridgehead atoms. The molecular formula is C23H22FN3O6S. The SMILES string of the molecule is CC1=C(C(=O)NCc2nc(-c3ccccc3NS(=O)(=O)c3cccc(F)c3)oc2C)OCCO1. The lowest BCUT2D eigenvalue weighted by Crippen LogP contribution is -2.29. The number of anilines is 1. The van der Waals surface area contributed by atoms with Gasteiger partial charge in [-0.2, -0.15) is 0 Å².